The van der Waals surface area contributed by atoms with Crippen LogP contribution in [0.4, 0.5) is 10.2 Å². The van der Waals surface area contributed by atoms with Crippen LogP contribution in [0, 0.1) is 0 Å². The van der Waals surface area contributed by atoms with Gasteiger partial charge in [-0.3, -0.25) is 4.98 Å². The maximum absolute atomic E-state index is 13.3. The van der Waals surface area contributed by atoms with E-state index in [0.717, 1.165) is 28.0 Å². The summed E-state index contributed by atoms with van der Waals surface area (Å²) in [4.78, 5) is 9.10. The second kappa shape index (κ2) is 10.00. The van der Waals surface area contributed by atoms with E-state index in [0.29, 0.717) is 37.3 Å². The number of benzene rings is 1. The van der Waals surface area contributed by atoms with E-state index in [2.05, 4.69) is 31.3 Å². The Labute approximate surface area is 211 Å². The number of nitrogens with one attached hydrogen (secondary N) is 1. The summed E-state index contributed by atoms with van der Waals surface area (Å²) in [5.74, 6) is 0.670. The summed E-state index contributed by atoms with van der Waals surface area (Å²) in [6.45, 7) is 0.577. The van der Waals surface area contributed by atoms with Gasteiger partial charge in [0.2, 0.25) is 10.0 Å². The molecule has 0 saturated carbocycles. The zero-order valence-corrected chi connectivity index (χ0v) is 21.2. The van der Waals surface area contributed by atoms with Crippen molar-refractivity contribution in [1.29, 1.82) is 0 Å². The second-order valence-corrected chi connectivity index (χ2v) is 11.3. The fourth-order valence-electron chi connectivity index (χ4n) is 4.33. The van der Waals surface area contributed by atoms with E-state index in [1.54, 1.807) is 35.2 Å². The Bertz CT molecular complexity index is 1450. The molecular weight excluding hydrogens is 535 g/mol. The van der Waals surface area contributed by atoms with Gasteiger partial charge < -0.3 is 5.32 Å². The molecule has 0 bridgehead atoms. The fraction of sp³-hybridized carbons (Fsp3) is 0.292. The third kappa shape index (κ3) is 4.93. The second-order valence-electron chi connectivity index (χ2n) is 8.49. The molecule has 1 atom stereocenters. The molecule has 1 aromatic carbocycles. The van der Waals surface area contributed by atoms with Crippen molar-refractivity contribution in [2.24, 2.45) is 0 Å². The van der Waals surface area contributed by atoms with E-state index in [1.165, 1.54) is 16.4 Å². The summed E-state index contributed by atoms with van der Waals surface area (Å²) in [6.07, 6.45) is 6.74. The van der Waals surface area contributed by atoms with Crippen LogP contribution in [0.15, 0.2) is 70.4 Å². The molecule has 1 aliphatic heterocycles. The first-order chi connectivity index (χ1) is 17.0. The average Bonchev–Trinajstić information content (AvgIpc) is 3.28. The SMILES string of the molecule is O=S(=O)(c1cccc(CF)c1)N1CCCC(c2cc(NCc3cccnc3)n3ncc(Br)c3n2)C1. The molecule has 1 N–H and O–H groups in total. The molecule has 182 valence electrons. The molecule has 3 aromatic heterocycles. The highest BCUT2D eigenvalue weighted by atomic mass is 79.9. The summed E-state index contributed by atoms with van der Waals surface area (Å²) < 4.78 is 43.7. The molecule has 1 saturated heterocycles. The third-order valence-electron chi connectivity index (χ3n) is 6.14. The average molecular weight is 559 g/mol. The molecule has 8 nitrogen and oxygen atoms in total. The number of aromatic nitrogens is 4. The van der Waals surface area contributed by atoms with Crippen LogP contribution in [0.3, 0.4) is 0 Å². The van der Waals surface area contributed by atoms with Gasteiger partial charge in [-0.25, -0.2) is 17.8 Å². The number of hydrogen-bond donors (Lipinski definition) is 1. The number of piperidine rings is 1. The minimum absolute atomic E-state index is 0.0892. The molecule has 1 fully saturated rings. The summed E-state index contributed by atoms with van der Waals surface area (Å²) in [6, 6.07) is 11.9. The quantitative estimate of drug-likeness (QED) is 0.358. The monoisotopic (exact) mass is 558 g/mol. The van der Waals surface area contributed by atoms with Gasteiger partial charge in [0, 0.05) is 44.0 Å². The lowest BCUT2D eigenvalue weighted by molar-refractivity contribution is 0.312. The van der Waals surface area contributed by atoms with Crippen LogP contribution < -0.4 is 5.32 Å². The lowest BCUT2D eigenvalue weighted by Gasteiger charge is -2.32. The highest BCUT2D eigenvalue weighted by molar-refractivity contribution is 9.10. The van der Waals surface area contributed by atoms with Crippen LogP contribution in [0.5, 0.6) is 0 Å². The Morgan fingerprint density at radius 2 is 2.00 bits per heavy atom. The summed E-state index contributed by atoms with van der Waals surface area (Å²) >= 11 is 3.52. The number of rotatable bonds is 7. The highest BCUT2D eigenvalue weighted by Gasteiger charge is 2.32. The molecule has 35 heavy (non-hydrogen) atoms. The summed E-state index contributed by atoms with van der Waals surface area (Å²) in [5.41, 5.74) is 2.83. The Balaban J connectivity index is 1.44. The molecule has 1 unspecified atom stereocenters. The molecule has 0 radical (unpaired) electrons. The molecule has 0 spiro atoms. The minimum atomic E-state index is -3.74. The van der Waals surface area contributed by atoms with Gasteiger partial charge in [0.25, 0.3) is 0 Å². The predicted molar refractivity (Wildman–Crippen MR) is 134 cm³/mol. The first kappa shape index (κ1) is 23.8. The standard InChI is InChI=1S/C24H24BrFN6O2S/c25-21-15-29-32-23(28-14-18-5-2-8-27-13-18)11-22(30-24(21)32)19-6-3-9-31(16-19)35(33,34)20-7-1-4-17(10-20)12-26/h1-2,4-5,7-8,10-11,13,15,19,28H,3,6,9,12,14,16H2. The number of sulfonamides is 1. The van der Waals surface area contributed by atoms with Gasteiger partial charge in [0.05, 0.1) is 21.3 Å². The molecule has 5 rings (SSSR count). The lowest BCUT2D eigenvalue weighted by atomic mass is 9.96. The number of alkyl halides is 1. The van der Waals surface area contributed by atoms with Crippen LogP contribution in [0.2, 0.25) is 0 Å². The highest BCUT2D eigenvalue weighted by Crippen LogP contribution is 2.32. The zero-order valence-electron chi connectivity index (χ0n) is 18.8. The van der Waals surface area contributed by atoms with E-state index >= 15 is 0 Å². The molecule has 0 aliphatic carbocycles. The van der Waals surface area contributed by atoms with Crippen molar-refractivity contribution in [1.82, 2.24) is 23.9 Å². The summed E-state index contributed by atoms with van der Waals surface area (Å²) in [7, 11) is -3.74. The van der Waals surface area contributed by atoms with Crippen molar-refractivity contribution >= 4 is 37.4 Å². The lowest BCUT2D eigenvalue weighted by Crippen LogP contribution is -2.39. The van der Waals surface area contributed by atoms with Crippen LogP contribution in [0.1, 0.15) is 35.6 Å². The number of pyridine rings is 1. The van der Waals surface area contributed by atoms with E-state index in [4.69, 9.17) is 4.98 Å². The van der Waals surface area contributed by atoms with Gasteiger partial charge in [-0.05, 0) is 58.1 Å². The number of hydrogen-bond acceptors (Lipinski definition) is 6. The van der Waals surface area contributed by atoms with E-state index < -0.39 is 16.7 Å². The van der Waals surface area contributed by atoms with E-state index in [9.17, 15) is 12.8 Å². The predicted octanol–water partition coefficient (Wildman–Crippen LogP) is 4.54. The zero-order chi connectivity index (χ0) is 24.4. The largest absolute Gasteiger partial charge is 0.366 e. The molecule has 11 heteroatoms. The van der Waals surface area contributed by atoms with Crippen LogP contribution in [-0.4, -0.2) is 45.4 Å². The molecule has 4 aromatic rings. The number of fused-ring (bicyclic) bond motifs is 1. The van der Waals surface area contributed by atoms with Gasteiger partial charge >= 0.3 is 0 Å². The Kier molecular flexibility index (Phi) is 6.81. The van der Waals surface area contributed by atoms with Crippen LogP contribution in [-0.2, 0) is 23.2 Å². The maximum Gasteiger partial charge on any atom is 0.243 e. The molecule has 1 aliphatic rings. The summed E-state index contributed by atoms with van der Waals surface area (Å²) in [5, 5.41) is 7.83. The van der Waals surface area contributed by atoms with Crippen molar-refractivity contribution in [2.75, 3.05) is 18.4 Å². The molecule has 0 amide bonds. The first-order valence-corrected chi connectivity index (χ1v) is 13.5. The fourth-order valence-corrected chi connectivity index (χ4v) is 6.27. The van der Waals surface area contributed by atoms with Crippen molar-refractivity contribution in [3.8, 4) is 0 Å². The van der Waals surface area contributed by atoms with Crippen molar-refractivity contribution in [3.63, 3.8) is 0 Å². The third-order valence-corrected chi connectivity index (χ3v) is 8.56. The van der Waals surface area contributed by atoms with Crippen LogP contribution in [0.25, 0.3) is 5.65 Å². The van der Waals surface area contributed by atoms with Crippen molar-refractivity contribution < 1.29 is 12.8 Å². The Morgan fingerprint density at radius 3 is 2.80 bits per heavy atom. The van der Waals surface area contributed by atoms with Gasteiger partial charge in [-0.1, -0.05) is 18.2 Å². The number of halogens is 2. The van der Waals surface area contributed by atoms with Gasteiger partial charge in [0.1, 0.15) is 12.5 Å². The molecule has 4 heterocycles. The van der Waals surface area contributed by atoms with Crippen LogP contribution >= 0.6 is 15.9 Å². The van der Waals surface area contributed by atoms with Gasteiger partial charge in [0.15, 0.2) is 5.65 Å². The van der Waals surface area contributed by atoms with Gasteiger partial charge in [-0.15, -0.1) is 0 Å². The molecular formula is C24H24BrFN6O2S. The smallest absolute Gasteiger partial charge is 0.243 e. The Morgan fingerprint density at radius 1 is 1.14 bits per heavy atom. The van der Waals surface area contributed by atoms with Crippen molar-refractivity contribution in [3.05, 3.63) is 82.3 Å². The van der Waals surface area contributed by atoms with Crippen molar-refractivity contribution in [2.45, 2.75) is 36.9 Å². The number of nitrogens with zero attached hydrogens (tertiary/aromatic N) is 5. The van der Waals surface area contributed by atoms with E-state index in [1.807, 2.05) is 18.2 Å². The number of anilines is 1. The maximum atomic E-state index is 13.3. The minimum Gasteiger partial charge on any atom is -0.366 e. The van der Waals surface area contributed by atoms with E-state index in [-0.39, 0.29) is 10.8 Å². The first-order valence-electron chi connectivity index (χ1n) is 11.3. The topological polar surface area (TPSA) is 92.5 Å². The van der Waals surface area contributed by atoms with Gasteiger partial charge in [-0.2, -0.15) is 13.9 Å². The normalized spacial score (nSPS) is 17.0. The Hall–Kier alpha value is -2.89.